The molecule has 0 aliphatic heterocycles. The normalized spacial score (nSPS) is 13.3. The summed E-state index contributed by atoms with van der Waals surface area (Å²) in [7, 11) is 0. The molecule has 0 saturated carbocycles. The van der Waals surface area contributed by atoms with Crippen LogP contribution in [0.15, 0.2) is 48.3 Å². The molecule has 0 aliphatic carbocycles. The van der Waals surface area contributed by atoms with Gasteiger partial charge in [-0.25, -0.2) is 4.79 Å². The maximum absolute atomic E-state index is 10.1. The summed E-state index contributed by atoms with van der Waals surface area (Å²) >= 11 is 0. The number of carboxylic acid groups (broad SMARTS) is 1. The Morgan fingerprint density at radius 2 is 1.80 bits per heavy atom. The standard InChI is InChI=1S/C12H16O3/c1-2-3-4-5-6-7-8-9-11(13)10-12(14)15/h2-7,10,13H,8-9H2,1H3,(H,14,15)/b3-2+,5-4+,7-6+,11-10-. The van der Waals surface area contributed by atoms with Crippen LogP contribution < -0.4 is 0 Å². The van der Waals surface area contributed by atoms with E-state index in [2.05, 4.69) is 0 Å². The smallest absolute Gasteiger partial charge is 0.331 e. The quantitative estimate of drug-likeness (QED) is 0.401. The SMILES string of the molecule is C/C=C/C=C/C=C/CC/C(O)=C/C(=O)O. The first-order valence-electron chi connectivity index (χ1n) is 4.73. The van der Waals surface area contributed by atoms with Crippen molar-refractivity contribution in [3.63, 3.8) is 0 Å². The van der Waals surface area contributed by atoms with E-state index >= 15 is 0 Å². The maximum Gasteiger partial charge on any atom is 0.331 e. The predicted molar refractivity (Wildman–Crippen MR) is 60.7 cm³/mol. The van der Waals surface area contributed by atoms with Crippen LogP contribution in [0.1, 0.15) is 19.8 Å². The van der Waals surface area contributed by atoms with Gasteiger partial charge < -0.3 is 10.2 Å². The number of aliphatic carboxylic acids is 1. The van der Waals surface area contributed by atoms with Gasteiger partial charge in [-0.1, -0.05) is 36.5 Å². The summed E-state index contributed by atoms with van der Waals surface area (Å²) in [5, 5.41) is 17.4. The third-order valence-corrected chi connectivity index (χ3v) is 1.52. The number of aliphatic hydroxyl groups excluding tert-OH is 1. The first kappa shape index (κ1) is 13.2. The molecule has 0 heterocycles. The molecule has 0 aromatic carbocycles. The monoisotopic (exact) mass is 208 g/mol. The van der Waals surface area contributed by atoms with Gasteiger partial charge in [0.2, 0.25) is 0 Å². The molecule has 0 bridgehead atoms. The summed E-state index contributed by atoms with van der Waals surface area (Å²) in [5.41, 5.74) is 0. The van der Waals surface area contributed by atoms with Gasteiger partial charge in [0.05, 0.1) is 11.8 Å². The van der Waals surface area contributed by atoms with Gasteiger partial charge in [-0.15, -0.1) is 0 Å². The molecule has 0 amide bonds. The third kappa shape index (κ3) is 10.1. The van der Waals surface area contributed by atoms with E-state index in [1.807, 2.05) is 43.4 Å². The molecule has 0 saturated heterocycles. The number of aliphatic hydroxyl groups is 1. The van der Waals surface area contributed by atoms with Gasteiger partial charge in [-0.2, -0.15) is 0 Å². The van der Waals surface area contributed by atoms with Gasteiger partial charge >= 0.3 is 5.97 Å². The summed E-state index contributed by atoms with van der Waals surface area (Å²) < 4.78 is 0. The molecule has 0 unspecified atom stereocenters. The highest BCUT2D eigenvalue weighted by molar-refractivity contribution is 5.80. The second-order valence-electron chi connectivity index (χ2n) is 2.85. The van der Waals surface area contributed by atoms with E-state index in [-0.39, 0.29) is 5.76 Å². The number of carboxylic acids is 1. The summed E-state index contributed by atoms with van der Waals surface area (Å²) in [6.07, 6.45) is 13.1. The second-order valence-corrected chi connectivity index (χ2v) is 2.85. The minimum atomic E-state index is -1.12. The van der Waals surface area contributed by atoms with Crippen molar-refractivity contribution >= 4 is 5.97 Å². The summed E-state index contributed by atoms with van der Waals surface area (Å²) in [6.45, 7) is 1.93. The Morgan fingerprint density at radius 3 is 2.40 bits per heavy atom. The van der Waals surface area contributed by atoms with Crippen LogP contribution in [0.4, 0.5) is 0 Å². The lowest BCUT2D eigenvalue weighted by molar-refractivity contribution is -0.131. The molecule has 0 radical (unpaired) electrons. The van der Waals surface area contributed by atoms with E-state index in [1.165, 1.54) is 0 Å². The molecule has 0 fully saturated rings. The van der Waals surface area contributed by atoms with Crippen molar-refractivity contribution in [1.82, 2.24) is 0 Å². The van der Waals surface area contributed by atoms with Gasteiger partial charge in [0, 0.05) is 6.42 Å². The molecule has 0 aromatic heterocycles. The number of allylic oxidation sites excluding steroid dienone is 7. The fraction of sp³-hybridized carbons (Fsp3) is 0.250. The molecule has 3 nitrogen and oxygen atoms in total. The van der Waals surface area contributed by atoms with E-state index in [0.29, 0.717) is 12.8 Å². The molecular weight excluding hydrogens is 192 g/mol. The van der Waals surface area contributed by atoms with Crippen LogP contribution in [-0.4, -0.2) is 16.2 Å². The molecule has 82 valence electrons. The molecule has 0 rings (SSSR count). The van der Waals surface area contributed by atoms with Crippen LogP contribution >= 0.6 is 0 Å². The number of hydrogen-bond acceptors (Lipinski definition) is 2. The Kier molecular flexibility index (Phi) is 7.77. The third-order valence-electron chi connectivity index (χ3n) is 1.52. The predicted octanol–water partition coefficient (Wildman–Crippen LogP) is 2.98. The largest absolute Gasteiger partial charge is 0.512 e. The van der Waals surface area contributed by atoms with Gasteiger partial charge in [0.1, 0.15) is 0 Å². The molecule has 3 heteroatoms. The minimum Gasteiger partial charge on any atom is -0.512 e. The average molecular weight is 208 g/mol. The van der Waals surface area contributed by atoms with Crippen LogP contribution in [-0.2, 0) is 4.79 Å². The van der Waals surface area contributed by atoms with Crippen LogP contribution in [0.2, 0.25) is 0 Å². The summed E-state index contributed by atoms with van der Waals surface area (Å²) in [4.78, 5) is 10.1. The fourth-order valence-corrected chi connectivity index (χ4v) is 0.860. The van der Waals surface area contributed by atoms with Gasteiger partial charge in [-0.05, 0) is 13.3 Å². The van der Waals surface area contributed by atoms with Crippen LogP contribution in [0.25, 0.3) is 0 Å². The zero-order valence-electron chi connectivity index (χ0n) is 8.76. The maximum atomic E-state index is 10.1. The molecule has 15 heavy (non-hydrogen) atoms. The van der Waals surface area contributed by atoms with E-state index < -0.39 is 5.97 Å². The number of rotatable bonds is 6. The minimum absolute atomic E-state index is 0.107. The highest BCUT2D eigenvalue weighted by Gasteiger charge is 1.94. The number of carbonyl (C=O) groups is 1. The lowest BCUT2D eigenvalue weighted by Gasteiger charge is -1.93. The van der Waals surface area contributed by atoms with E-state index in [1.54, 1.807) is 0 Å². The van der Waals surface area contributed by atoms with Crippen molar-refractivity contribution in [2.45, 2.75) is 19.8 Å². The fourth-order valence-electron chi connectivity index (χ4n) is 0.860. The van der Waals surface area contributed by atoms with E-state index in [0.717, 1.165) is 6.08 Å². The summed E-state index contributed by atoms with van der Waals surface area (Å²) in [5.74, 6) is -1.23. The topological polar surface area (TPSA) is 57.5 Å². The molecule has 0 aliphatic rings. The first-order valence-corrected chi connectivity index (χ1v) is 4.73. The lowest BCUT2D eigenvalue weighted by atomic mass is 10.2. The van der Waals surface area contributed by atoms with Crippen molar-refractivity contribution in [1.29, 1.82) is 0 Å². The molecular formula is C12H16O3. The van der Waals surface area contributed by atoms with E-state index in [4.69, 9.17) is 10.2 Å². The molecule has 2 N–H and O–H groups in total. The zero-order chi connectivity index (χ0) is 11.5. The van der Waals surface area contributed by atoms with Crippen LogP contribution in [0.3, 0.4) is 0 Å². The Bertz CT molecular complexity index is 296. The van der Waals surface area contributed by atoms with Crippen molar-refractivity contribution < 1.29 is 15.0 Å². The molecule has 0 spiro atoms. The van der Waals surface area contributed by atoms with Gasteiger partial charge in [0.25, 0.3) is 0 Å². The van der Waals surface area contributed by atoms with Crippen molar-refractivity contribution in [3.05, 3.63) is 48.3 Å². The first-order chi connectivity index (χ1) is 7.16. The van der Waals surface area contributed by atoms with Gasteiger partial charge in [-0.3, -0.25) is 0 Å². The number of hydrogen-bond donors (Lipinski definition) is 2. The van der Waals surface area contributed by atoms with Crippen molar-refractivity contribution in [2.75, 3.05) is 0 Å². The Labute approximate surface area is 89.7 Å². The Balaban J connectivity index is 3.74. The highest BCUT2D eigenvalue weighted by atomic mass is 16.4. The zero-order valence-corrected chi connectivity index (χ0v) is 8.76. The van der Waals surface area contributed by atoms with Crippen molar-refractivity contribution in [3.8, 4) is 0 Å². The summed E-state index contributed by atoms with van der Waals surface area (Å²) in [6, 6.07) is 0. The Morgan fingerprint density at radius 1 is 1.13 bits per heavy atom. The van der Waals surface area contributed by atoms with Gasteiger partial charge in [0.15, 0.2) is 0 Å². The molecule has 0 atom stereocenters. The van der Waals surface area contributed by atoms with E-state index in [9.17, 15) is 4.79 Å². The molecule has 0 aromatic rings. The van der Waals surface area contributed by atoms with Crippen LogP contribution in [0.5, 0.6) is 0 Å². The van der Waals surface area contributed by atoms with Crippen molar-refractivity contribution in [2.24, 2.45) is 0 Å². The lowest BCUT2D eigenvalue weighted by Crippen LogP contribution is -1.91. The van der Waals surface area contributed by atoms with Crippen LogP contribution in [0, 0.1) is 0 Å². The second kappa shape index (κ2) is 8.81. The average Bonchev–Trinajstić information content (AvgIpc) is 2.15. The Hall–Kier alpha value is -1.77. The highest BCUT2D eigenvalue weighted by Crippen LogP contribution is 2.01.